The van der Waals surface area contributed by atoms with Gasteiger partial charge in [0.1, 0.15) is 11.6 Å². The summed E-state index contributed by atoms with van der Waals surface area (Å²) in [5.74, 6) is 0.316. The average Bonchev–Trinajstić information content (AvgIpc) is 2.76. The predicted octanol–water partition coefficient (Wildman–Crippen LogP) is 4.17. The second kappa shape index (κ2) is 5.63. The Morgan fingerprint density at radius 1 is 1.35 bits per heavy atom. The fourth-order valence-electron chi connectivity index (χ4n) is 2.49. The summed E-state index contributed by atoms with van der Waals surface area (Å²) in [5, 5.41) is 0.108. The maximum Gasteiger partial charge on any atom is 0.142 e. The molecule has 1 nitrogen and oxygen atoms in total. The first kappa shape index (κ1) is 12.6. The fourth-order valence-corrected chi connectivity index (χ4v) is 2.60. The van der Waals surface area contributed by atoms with E-state index in [1.165, 1.54) is 37.8 Å². The van der Waals surface area contributed by atoms with E-state index in [4.69, 9.17) is 11.6 Å². The van der Waals surface area contributed by atoms with Gasteiger partial charge in [-0.15, -0.1) is 0 Å². The molecule has 0 atom stereocenters. The van der Waals surface area contributed by atoms with Crippen molar-refractivity contribution in [3.8, 4) is 0 Å². The van der Waals surface area contributed by atoms with E-state index in [1.54, 1.807) is 6.07 Å². The van der Waals surface area contributed by atoms with Crippen LogP contribution in [-0.4, -0.2) is 5.78 Å². The monoisotopic (exact) mass is 254 g/mol. The molecule has 1 aliphatic rings. The van der Waals surface area contributed by atoms with Crippen molar-refractivity contribution >= 4 is 17.4 Å². The van der Waals surface area contributed by atoms with Crippen LogP contribution < -0.4 is 0 Å². The molecule has 92 valence electrons. The summed E-state index contributed by atoms with van der Waals surface area (Å²) in [7, 11) is 0. The number of benzene rings is 1. The molecule has 0 radical (unpaired) electrons. The van der Waals surface area contributed by atoms with Crippen molar-refractivity contribution < 1.29 is 9.18 Å². The smallest absolute Gasteiger partial charge is 0.142 e. The van der Waals surface area contributed by atoms with Gasteiger partial charge in [0.05, 0.1) is 5.02 Å². The van der Waals surface area contributed by atoms with E-state index in [2.05, 4.69) is 0 Å². The van der Waals surface area contributed by atoms with Gasteiger partial charge in [-0.25, -0.2) is 4.39 Å². The summed E-state index contributed by atoms with van der Waals surface area (Å²) in [6, 6.07) is 4.59. The van der Waals surface area contributed by atoms with Gasteiger partial charge in [0.2, 0.25) is 0 Å². The minimum absolute atomic E-state index is 0.108. The summed E-state index contributed by atoms with van der Waals surface area (Å²) in [6.07, 6.45) is 5.79. The van der Waals surface area contributed by atoms with E-state index in [1.807, 2.05) is 0 Å². The summed E-state index contributed by atoms with van der Waals surface area (Å²) in [4.78, 5) is 11.8. The average molecular weight is 255 g/mol. The molecule has 1 fully saturated rings. The molecule has 2 rings (SSSR count). The van der Waals surface area contributed by atoms with Gasteiger partial charge < -0.3 is 0 Å². The summed E-state index contributed by atoms with van der Waals surface area (Å²) in [5.41, 5.74) is 0.717. The van der Waals surface area contributed by atoms with Crippen LogP contribution in [0.3, 0.4) is 0 Å². The molecule has 0 amide bonds. The second-order valence-electron chi connectivity index (χ2n) is 4.82. The lowest BCUT2D eigenvalue weighted by atomic mass is 9.97. The highest BCUT2D eigenvalue weighted by molar-refractivity contribution is 6.30. The van der Waals surface area contributed by atoms with Crippen molar-refractivity contribution in [1.82, 2.24) is 0 Å². The van der Waals surface area contributed by atoms with Gasteiger partial charge in [-0.3, -0.25) is 4.79 Å². The lowest BCUT2D eigenvalue weighted by Gasteiger charge is -2.07. The maximum absolute atomic E-state index is 13.2. The van der Waals surface area contributed by atoms with Crippen LogP contribution in [0.5, 0.6) is 0 Å². The van der Waals surface area contributed by atoms with E-state index in [0.29, 0.717) is 18.8 Å². The Morgan fingerprint density at radius 2 is 2.06 bits per heavy atom. The number of hydrogen-bond donors (Lipinski definition) is 0. The Bertz CT molecular complexity index is 411. The van der Waals surface area contributed by atoms with Crippen molar-refractivity contribution in [2.24, 2.45) is 5.92 Å². The van der Waals surface area contributed by atoms with Crippen molar-refractivity contribution in [1.29, 1.82) is 0 Å². The molecule has 0 unspecified atom stereocenters. The van der Waals surface area contributed by atoms with E-state index in [-0.39, 0.29) is 10.8 Å². The standard InChI is InChI=1S/C14H16ClFO/c15-13-6-5-11(9-14(13)16)8-12(17)7-10-3-1-2-4-10/h5-6,9-10H,1-4,7-8H2. The Hall–Kier alpha value is -0.890. The molecular formula is C14H16ClFO. The Balaban J connectivity index is 1.90. The Labute approximate surface area is 106 Å². The topological polar surface area (TPSA) is 17.1 Å². The van der Waals surface area contributed by atoms with E-state index < -0.39 is 5.82 Å². The normalized spacial score (nSPS) is 16.4. The molecule has 0 aliphatic heterocycles. The maximum atomic E-state index is 13.2. The number of carbonyl (C=O) groups excluding carboxylic acids is 1. The lowest BCUT2D eigenvalue weighted by Crippen LogP contribution is -2.08. The molecule has 0 saturated heterocycles. The first-order valence-corrected chi connectivity index (χ1v) is 6.48. The fraction of sp³-hybridized carbons (Fsp3) is 0.500. The van der Waals surface area contributed by atoms with E-state index in [0.717, 1.165) is 5.56 Å². The van der Waals surface area contributed by atoms with E-state index >= 15 is 0 Å². The van der Waals surface area contributed by atoms with Crippen LogP contribution in [0.4, 0.5) is 4.39 Å². The minimum Gasteiger partial charge on any atom is -0.299 e. The quantitative estimate of drug-likeness (QED) is 0.788. The van der Waals surface area contributed by atoms with Gasteiger partial charge in [-0.2, -0.15) is 0 Å². The third kappa shape index (κ3) is 3.53. The highest BCUT2D eigenvalue weighted by atomic mass is 35.5. The minimum atomic E-state index is -0.446. The molecule has 0 N–H and O–H groups in total. The van der Waals surface area contributed by atoms with Gasteiger partial charge in [-0.05, 0) is 23.6 Å². The number of halogens is 2. The van der Waals surface area contributed by atoms with Gasteiger partial charge in [-0.1, -0.05) is 43.4 Å². The van der Waals surface area contributed by atoms with Crippen LogP contribution in [0.2, 0.25) is 5.02 Å². The van der Waals surface area contributed by atoms with Crippen LogP contribution >= 0.6 is 11.6 Å². The molecule has 1 saturated carbocycles. The molecule has 17 heavy (non-hydrogen) atoms. The number of ketones is 1. The largest absolute Gasteiger partial charge is 0.299 e. The van der Waals surface area contributed by atoms with Crippen molar-refractivity contribution in [3.05, 3.63) is 34.6 Å². The lowest BCUT2D eigenvalue weighted by molar-refractivity contribution is -0.119. The summed E-state index contributed by atoms with van der Waals surface area (Å²) >= 11 is 5.59. The molecule has 0 spiro atoms. The number of hydrogen-bond acceptors (Lipinski definition) is 1. The molecule has 0 aromatic heterocycles. The molecule has 1 aliphatic carbocycles. The molecule has 0 heterocycles. The van der Waals surface area contributed by atoms with Crippen LogP contribution in [0, 0.1) is 11.7 Å². The molecule has 1 aromatic rings. The third-order valence-corrected chi connectivity index (χ3v) is 3.68. The predicted molar refractivity (Wildman–Crippen MR) is 66.7 cm³/mol. The first-order chi connectivity index (χ1) is 8.15. The number of Topliss-reactive ketones (excluding diaryl/α,β-unsaturated/α-hetero) is 1. The second-order valence-corrected chi connectivity index (χ2v) is 5.23. The van der Waals surface area contributed by atoms with Crippen molar-refractivity contribution in [2.75, 3.05) is 0 Å². The van der Waals surface area contributed by atoms with Gasteiger partial charge in [0.25, 0.3) is 0 Å². The molecule has 3 heteroatoms. The van der Waals surface area contributed by atoms with Gasteiger partial charge in [0.15, 0.2) is 0 Å². The highest BCUT2D eigenvalue weighted by Crippen LogP contribution is 2.28. The first-order valence-electron chi connectivity index (χ1n) is 6.11. The van der Waals surface area contributed by atoms with Crippen LogP contribution in [0.1, 0.15) is 37.7 Å². The number of rotatable bonds is 4. The zero-order valence-electron chi connectivity index (χ0n) is 9.72. The van der Waals surface area contributed by atoms with Crippen molar-refractivity contribution in [2.45, 2.75) is 38.5 Å². The van der Waals surface area contributed by atoms with Crippen LogP contribution in [0.25, 0.3) is 0 Å². The SMILES string of the molecule is O=C(Cc1ccc(Cl)c(F)c1)CC1CCCC1. The summed E-state index contributed by atoms with van der Waals surface area (Å²) in [6.45, 7) is 0. The highest BCUT2D eigenvalue weighted by Gasteiger charge is 2.18. The molecule has 1 aromatic carbocycles. The zero-order chi connectivity index (χ0) is 12.3. The van der Waals surface area contributed by atoms with E-state index in [9.17, 15) is 9.18 Å². The Morgan fingerprint density at radius 3 is 2.71 bits per heavy atom. The van der Waals surface area contributed by atoms with Crippen LogP contribution in [-0.2, 0) is 11.2 Å². The zero-order valence-corrected chi connectivity index (χ0v) is 10.5. The van der Waals surface area contributed by atoms with Crippen molar-refractivity contribution in [3.63, 3.8) is 0 Å². The Kier molecular flexibility index (Phi) is 4.16. The van der Waals surface area contributed by atoms with Crippen LogP contribution in [0.15, 0.2) is 18.2 Å². The third-order valence-electron chi connectivity index (χ3n) is 3.38. The van der Waals surface area contributed by atoms with Gasteiger partial charge >= 0.3 is 0 Å². The summed E-state index contributed by atoms with van der Waals surface area (Å²) < 4.78 is 13.2. The van der Waals surface area contributed by atoms with Gasteiger partial charge in [0, 0.05) is 12.8 Å². The molecule has 0 bridgehead atoms. The number of carbonyl (C=O) groups is 1. The molecular weight excluding hydrogens is 239 g/mol.